The van der Waals surface area contributed by atoms with Crippen molar-refractivity contribution < 1.29 is 0 Å². The van der Waals surface area contributed by atoms with Crippen LogP contribution in [0.2, 0.25) is 19.6 Å². The van der Waals surface area contributed by atoms with Crippen molar-refractivity contribution in [3.05, 3.63) is 36.4 Å². The second kappa shape index (κ2) is 5.24. The van der Waals surface area contributed by atoms with Gasteiger partial charge in [0.05, 0.1) is 11.9 Å². The summed E-state index contributed by atoms with van der Waals surface area (Å²) in [5.74, 6) is 3.44. The average molecular weight is 308 g/mol. The molecule has 3 heterocycles. The zero-order valence-electron chi connectivity index (χ0n) is 12.7. The first-order valence-corrected chi connectivity index (χ1v) is 10.4. The van der Waals surface area contributed by atoms with Crippen LogP contribution in [0, 0.1) is 11.5 Å². The topological polar surface area (TPSA) is 82.0 Å². The van der Waals surface area contributed by atoms with Gasteiger partial charge < -0.3 is 5.73 Å². The van der Waals surface area contributed by atoms with Gasteiger partial charge >= 0.3 is 0 Å². The monoisotopic (exact) mass is 308 g/mol. The molecule has 0 fully saturated rings. The largest absolute Gasteiger partial charge is 0.368 e. The molecular formula is C15H16N6Si. The van der Waals surface area contributed by atoms with Crippen LogP contribution in [0.3, 0.4) is 0 Å². The van der Waals surface area contributed by atoms with Gasteiger partial charge in [-0.05, 0) is 12.1 Å². The fourth-order valence-electron chi connectivity index (χ4n) is 1.83. The van der Waals surface area contributed by atoms with E-state index in [9.17, 15) is 0 Å². The molecule has 0 amide bonds. The number of nitrogens with zero attached hydrogens (tertiary/aromatic N) is 5. The van der Waals surface area contributed by atoms with Gasteiger partial charge in [0.15, 0.2) is 5.65 Å². The van der Waals surface area contributed by atoms with Gasteiger partial charge in [-0.1, -0.05) is 25.6 Å². The van der Waals surface area contributed by atoms with Gasteiger partial charge in [-0.25, -0.2) is 19.5 Å². The number of aromatic nitrogens is 5. The highest BCUT2D eigenvalue weighted by atomic mass is 28.3. The van der Waals surface area contributed by atoms with Gasteiger partial charge in [-0.15, -0.1) is 5.54 Å². The lowest BCUT2D eigenvalue weighted by Crippen LogP contribution is -2.16. The predicted octanol–water partition coefficient (Wildman–Crippen LogP) is 2.00. The molecular weight excluding hydrogens is 292 g/mol. The molecule has 0 radical (unpaired) electrons. The molecule has 22 heavy (non-hydrogen) atoms. The van der Waals surface area contributed by atoms with Crippen LogP contribution < -0.4 is 5.73 Å². The van der Waals surface area contributed by atoms with Crippen LogP contribution in [0.1, 0.15) is 5.69 Å². The Kier molecular flexibility index (Phi) is 3.39. The number of nitrogens with two attached hydrogens (primary N) is 1. The lowest BCUT2D eigenvalue weighted by molar-refractivity contribution is 0.928. The highest BCUT2D eigenvalue weighted by molar-refractivity contribution is 6.83. The molecule has 0 saturated carbocycles. The number of nitrogen functional groups attached to an aromatic ring is 1. The predicted molar refractivity (Wildman–Crippen MR) is 88.6 cm³/mol. The van der Waals surface area contributed by atoms with Crippen molar-refractivity contribution >= 4 is 19.7 Å². The van der Waals surface area contributed by atoms with Crippen LogP contribution in [-0.2, 0) is 0 Å². The minimum absolute atomic E-state index is 0.245. The van der Waals surface area contributed by atoms with Gasteiger partial charge in [0, 0.05) is 18.0 Å². The van der Waals surface area contributed by atoms with Crippen molar-refractivity contribution in [1.82, 2.24) is 24.6 Å². The maximum Gasteiger partial charge on any atom is 0.219 e. The first kappa shape index (κ1) is 14.2. The molecule has 3 aromatic heterocycles. The molecule has 3 aromatic rings. The van der Waals surface area contributed by atoms with Gasteiger partial charge in [0.1, 0.15) is 13.8 Å². The molecule has 0 aliphatic heterocycles. The van der Waals surface area contributed by atoms with Crippen LogP contribution in [0.15, 0.2) is 30.7 Å². The first-order valence-electron chi connectivity index (χ1n) is 6.88. The Balaban J connectivity index is 2.08. The molecule has 0 aromatic carbocycles. The molecule has 0 atom stereocenters. The molecule has 0 unspecified atom stereocenters. The first-order chi connectivity index (χ1) is 10.4. The van der Waals surface area contributed by atoms with E-state index in [0.29, 0.717) is 0 Å². The van der Waals surface area contributed by atoms with Crippen LogP contribution in [-0.4, -0.2) is 32.6 Å². The normalized spacial score (nSPS) is 11.2. The van der Waals surface area contributed by atoms with Gasteiger partial charge in [0.2, 0.25) is 5.95 Å². The van der Waals surface area contributed by atoms with Crippen molar-refractivity contribution in [3.63, 3.8) is 0 Å². The van der Waals surface area contributed by atoms with E-state index in [-0.39, 0.29) is 5.95 Å². The minimum Gasteiger partial charge on any atom is -0.368 e. The summed E-state index contributed by atoms with van der Waals surface area (Å²) in [4.78, 5) is 12.3. The molecule has 3 rings (SSSR count). The molecule has 0 aliphatic carbocycles. The number of imidazole rings is 1. The molecule has 7 heteroatoms. The van der Waals surface area contributed by atoms with Crippen LogP contribution in [0.25, 0.3) is 16.9 Å². The summed E-state index contributed by atoms with van der Waals surface area (Å²) in [6.45, 7) is 6.61. The summed E-state index contributed by atoms with van der Waals surface area (Å²) in [5.41, 5.74) is 11.9. The summed E-state index contributed by atoms with van der Waals surface area (Å²) in [5, 5.41) is 4.58. The molecule has 110 valence electrons. The molecule has 0 spiro atoms. The van der Waals surface area contributed by atoms with Gasteiger partial charge in [-0.2, -0.15) is 5.10 Å². The Labute approximate surface area is 129 Å². The maximum atomic E-state index is 5.51. The fourth-order valence-corrected chi connectivity index (χ4v) is 2.34. The number of fused-ring (bicyclic) bond motifs is 1. The molecule has 0 aliphatic rings. The molecule has 0 saturated heterocycles. The van der Waals surface area contributed by atoms with E-state index < -0.39 is 8.07 Å². The highest BCUT2D eigenvalue weighted by Gasteiger charge is 2.10. The zero-order valence-corrected chi connectivity index (χ0v) is 13.7. The van der Waals surface area contributed by atoms with Gasteiger partial charge in [0.25, 0.3) is 0 Å². The zero-order chi connectivity index (χ0) is 15.7. The minimum atomic E-state index is -1.45. The van der Waals surface area contributed by atoms with Crippen LogP contribution >= 0.6 is 0 Å². The van der Waals surface area contributed by atoms with E-state index in [2.05, 4.69) is 51.2 Å². The van der Waals surface area contributed by atoms with Gasteiger partial charge in [-0.3, -0.25) is 0 Å². The van der Waals surface area contributed by atoms with E-state index in [1.54, 1.807) is 23.1 Å². The Bertz CT molecular complexity index is 880. The Morgan fingerprint density at radius 1 is 1.05 bits per heavy atom. The molecule has 0 bridgehead atoms. The third kappa shape index (κ3) is 2.97. The summed E-state index contributed by atoms with van der Waals surface area (Å²) in [6.07, 6.45) is 5.06. The number of rotatable bonds is 1. The van der Waals surface area contributed by atoms with E-state index >= 15 is 0 Å². The second-order valence-electron chi connectivity index (χ2n) is 5.96. The Hall–Kier alpha value is -2.72. The number of anilines is 1. The standard InChI is InChI=1S/C15H16N6Si/c1-22(2,3)7-6-12-10-17-14-5-4-13(20-21(12)14)11-8-18-15(16)19-9-11/h4-5,8-10H,1-3H3,(H2,16,18,19). The molecule has 6 nitrogen and oxygen atoms in total. The summed E-state index contributed by atoms with van der Waals surface area (Å²) < 4.78 is 1.75. The lowest BCUT2D eigenvalue weighted by Gasteiger charge is -2.04. The Morgan fingerprint density at radius 3 is 2.45 bits per heavy atom. The van der Waals surface area contributed by atoms with Crippen molar-refractivity contribution in [2.45, 2.75) is 19.6 Å². The summed E-state index contributed by atoms with van der Waals surface area (Å²) >= 11 is 0. The van der Waals surface area contributed by atoms with E-state index in [1.807, 2.05) is 12.1 Å². The molecule has 2 N–H and O–H groups in total. The SMILES string of the molecule is C[Si](C)(C)C#Cc1cnc2ccc(-c3cnc(N)nc3)nn12. The van der Waals surface area contributed by atoms with Crippen molar-refractivity contribution in [1.29, 1.82) is 0 Å². The number of hydrogen-bond donors (Lipinski definition) is 1. The lowest BCUT2D eigenvalue weighted by atomic mass is 10.2. The van der Waals surface area contributed by atoms with Crippen molar-refractivity contribution in [2.75, 3.05) is 5.73 Å². The number of hydrogen-bond acceptors (Lipinski definition) is 5. The smallest absolute Gasteiger partial charge is 0.219 e. The maximum absolute atomic E-state index is 5.51. The Morgan fingerprint density at radius 2 is 1.77 bits per heavy atom. The van der Waals surface area contributed by atoms with Crippen molar-refractivity contribution in [3.8, 4) is 22.7 Å². The quantitative estimate of drug-likeness (QED) is 0.549. The van der Waals surface area contributed by atoms with E-state index in [0.717, 1.165) is 22.6 Å². The average Bonchev–Trinajstić information content (AvgIpc) is 2.87. The van der Waals surface area contributed by atoms with Crippen molar-refractivity contribution in [2.24, 2.45) is 0 Å². The second-order valence-corrected chi connectivity index (χ2v) is 10.7. The highest BCUT2D eigenvalue weighted by Crippen LogP contribution is 2.16. The van der Waals surface area contributed by atoms with E-state index in [1.165, 1.54) is 0 Å². The summed E-state index contributed by atoms with van der Waals surface area (Å²) in [6, 6.07) is 3.78. The fraction of sp³-hybridized carbons (Fsp3) is 0.200. The van der Waals surface area contributed by atoms with Crippen LogP contribution in [0.5, 0.6) is 0 Å². The van der Waals surface area contributed by atoms with Crippen LogP contribution in [0.4, 0.5) is 5.95 Å². The van der Waals surface area contributed by atoms with E-state index in [4.69, 9.17) is 5.73 Å². The summed E-state index contributed by atoms with van der Waals surface area (Å²) in [7, 11) is -1.45. The third-order valence-electron chi connectivity index (χ3n) is 2.90. The third-order valence-corrected chi connectivity index (χ3v) is 3.77.